The standard InChI is InChI=1S/C24H27FN8O/c1-3-32-8-10-33(11-9-32)16-4-7-20(27-13-16)31-23-22(26)24(29-14-28-23)34-19-6-5-18-17(21(19)25)12-15(2)30-18/h4-7,12-14,30H,3,8-11,26H2,1-2H3,(H,27,28,29,31). The molecule has 1 saturated heterocycles. The van der Waals surface area contributed by atoms with E-state index in [-0.39, 0.29) is 17.3 Å². The summed E-state index contributed by atoms with van der Waals surface area (Å²) in [5, 5.41) is 3.55. The predicted octanol–water partition coefficient (Wildman–Crippen LogP) is 4.06. The number of nitrogens with zero attached hydrogens (tertiary/aromatic N) is 5. The van der Waals surface area contributed by atoms with E-state index in [9.17, 15) is 4.39 Å². The van der Waals surface area contributed by atoms with Gasteiger partial charge in [0.1, 0.15) is 17.8 Å². The average Bonchev–Trinajstić information content (AvgIpc) is 3.25. The minimum Gasteiger partial charge on any atom is -0.434 e. The topological polar surface area (TPSA) is 108 Å². The Kier molecular flexibility index (Phi) is 5.89. The van der Waals surface area contributed by atoms with Crippen LogP contribution in [0.4, 0.5) is 27.4 Å². The van der Waals surface area contributed by atoms with Crippen LogP contribution in [0, 0.1) is 12.7 Å². The van der Waals surface area contributed by atoms with Crippen LogP contribution in [0.15, 0.2) is 42.9 Å². The summed E-state index contributed by atoms with van der Waals surface area (Å²) >= 11 is 0. The number of hydrogen-bond acceptors (Lipinski definition) is 8. The highest BCUT2D eigenvalue weighted by atomic mass is 19.1. The number of ether oxygens (including phenoxy) is 1. The molecule has 0 atom stereocenters. The van der Waals surface area contributed by atoms with Crippen LogP contribution < -0.4 is 20.7 Å². The number of nitrogen functional groups attached to an aromatic ring is 1. The number of H-pyrrole nitrogens is 1. The molecule has 9 nitrogen and oxygen atoms in total. The summed E-state index contributed by atoms with van der Waals surface area (Å²) in [5.74, 6) is 0.539. The van der Waals surface area contributed by atoms with E-state index in [1.807, 2.05) is 25.3 Å². The molecule has 4 N–H and O–H groups in total. The first-order valence-electron chi connectivity index (χ1n) is 11.3. The molecule has 0 spiro atoms. The number of aromatic amines is 1. The van der Waals surface area contributed by atoms with Gasteiger partial charge in [-0.15, -0.1) is 0 Å². The second kappa shape index (κ2) is 9.14. The third kappa shape index (κ3) is 4.32. The minimum atomic E-state index is -0.480. The van der Waals surface area contributed by atoms with Crippen LogP contribution in [-0.4, -0.2) is 57.6 Å². The molecule has 176 valence electrons. The van der Waals surface area contributed by atoms with E-state index < -0.39 is 5.82 Å². The first-order chi connectivity index (χ1) is 16.5. The van der Waals surface area contributed by atoms with Crippen molar-refractivity contribution in [2.45, 2.75) is 13.8 Å². The van der Waals surface area contributed by atoms with Gasteiger partial charge in [0.2, 0.25) is 5.88 Å². The number of aryl methyl sites for hydroxylation is 1. The molecule has 0 amide bonds. The molecule has 10 heteroatoms. The van der Waals surface area contributed by atoms with Gasteiger partial charge in [0.15, 0.2) is 17.4 Å². The third-order valence-electron chi connectivity index (χ3n) is 6.07. The van der Waals surface area contributed by atoms with Gasteiger partial charge in [0.05, 0.1) is 11.9 Å². The van der Waals surface area contributed by atoms with Gasteiger partial charge in [-0.3, -0.25) is 0 Å². The lowest BCUT2D eigenvalue weighted by Gasteiger charge is -2.35. The van der Waals surface area contributed by atoms with Crippen molar-refractivity contribution < 1.29 is 9.13 Å². The fourth-order valence-electron chi connectivity index (χ4n) is 4.12. The van der Waals surface area contributed by atoms with E-state index in [0.717, 1.165) is 44.1 Å². The zero-order valence-corrected chi connectivity index (χ0v) is 19.2. The molecular formula is C24H27FN8O. The Morgan fingerprint density at radius 1 is 1.12 bits per heavy atom. The SMILES string of the molecule is CCN1CCN(c2ccc(Nc3ncnc(Oc4ccc5[nH]c(C)cc5c4F)c3N)nc2)CC1. The van der Waals surface area contributed by atoms with Crippen molar-refractivity contribution in [2.24, 2.45) is 0 Å². The van der Waals surface area contributed by atoms with Crippen LogP contribution >= 0.6 is 0 Å². The fraction of sp³-hybridized carbons (Fsp3) is 0.292. The van der Waals surface area contributed by atoms with Crippen molar-refractivity contribution in [1.82, 2.24) is 24.8 Å². The van der Waals surface area contributed by atoms with E-state index in [1.54, 1.807) is 18.2 Å². The van der Waals surface area contributed by atoms with E-state index in [2.05, 4.69) is 42.0 Å². The lowest BCUT2D eigenvalue weighted by atomic mass is 10.2. The maximum atomic E-state index is 14.9. The highest BCUT2D eigenvalue weighted by Gasteiger charge is 2.18. The number of aromatic nitrogens is 4. The first kappa shape index (κ1) is 21.9. The number of fused-ring (bicyclic) bond motifs is 1. The molecule has 4 aromatic rings. The summed E-state index contributed by atoms with van der Waals surface area (Å²) in [4.78, 5) is 20.6. The second-order valence-electron chi connectivity index (χ2n) is 8.28. The van der Waals surface area contributed by atoms with Crippen molar-refractivity contribution in [1.29, 1.82) is 0 Å². The zero-order valence-electron chi connectivity index (χ0n) is 19.2. The van der Waals surface area contributed by atoms with Crippen LogP contribution in [0.3, 0.4) is 0 Å². The Bertz CT molecular complexity index is 1300. The molecule has 5 rings (SSSR count). The summed E-state index contributed by atoms with van der Waals surface area (Å²) in [5.41, 5.74) is 9.03. The zero-order chi connectivity index (χ0) is 23.7. The summed E-state index contributed by atoms with van der Waals surface area (Å²) < 4.78 is 20.6. The van der Waals surface area contributed by atoms with E-state index in [0.29, 0.717) is 22.5 Å². The fourth-order valence-corrected chi connectivity index (χ4v) is 4.12. The van der Waals surface area contributed by atoms with Gasteiger partial charge in [0, 0.05) is 42.8 Å². The van der Waals surface area contributed by atoms with Gasteiger partial charge < -0.3 is 30.6 Å². The number of pyridine rings is 1. The van der Waals surface area contributed by atoms with Crippen molar-refractivity contribution in [3.63, 3.8) is 0 Å². The predicted molar refractivity (Wildman–Crippen MR) is 131 cm³/mol. The lowest BCUT2D eigenvalue weighted by Crippen LogP contribution is -2.46. The molecule has 34 heavy (non-hydrogen) atoms. The van der Waals surface area contributed by atoms with Crippen LogP contribution in [0.25, 0.3) is 10.9 Å². The number of likely N-dealkylation sites (N-methyl/N-ethyl adjacent to an activating group) is 1. The Morgan fingerprint density at radius 2 is 1.94 bits per heavy atom. The Hall–Kier alpha value is -3.92. The van der Waals surface area contributed by atoms with Crippen molar-refractivity contribution in [2.75, 3.05) is 48.7 Å². The number of nitrogens with two attached hydrogens (primary N) is 1. The average molecular weight is 463 g/mol. The monoisotopic (exact) mass is 462 g/mol. The van der Waals surface area contributed by atoms with Crippen molar-refractivity contribution in [3.8, 4) is 11.6 Å². The van der Waals surface area contributed by atoms with Gasteiger partial charge in [-0.2, -0.15) is 4.98 Å². The largest absolute Gasteiger partial charge is 0.434 e. The van der Waals surface area contributed by atoms with E-state index >= 15 is 0 Å². The van der Waals surface area contributed by atoms with Crippen molar-refractivity contribution >= 4 is 33.9 Å². The number of nitrogens with one attached hydrogen (secondary N) is 2. The summed E-state index contributed by atoms with van der Waals surface area (Å²) in [6, 6.07) is 8.93. The summed E-state index contributed by atoms with van der Waals surface area (Å²) in [6.45, 7) is 9.19. The molecular weight excluding hydrogens is 435 g/mol. The number of piperazine rings is 1. The molecule has 0 saturated carbocycles. The summed E-state index contributed by atoms with van der Waals surface area (Å²) in [6.07, 6.45) is 3.15. The van der Waals surface area contributed by atoms with Gasteiger partial charge in [0.25, 0.3) is 0 Å². The highest BCUT2D eigenvalue weighted by Crippen LogP contribution is 2.34. The van der Waals surface area contributed by atoms with Crippen LogP contribution in [-0.2, 0) is 0 Å². The molecule has 0 radical (unpaired) electrons. The van der Waals surface area contributed by atoms with Gasteiger partial charge in [-0.05, 0) is 43.8 Å². The molecule has 0 bridgehead atoms. The summed E-state index contributed by atoms with van der Waals surface area (Å²) in [7, 11) is 0. The molecule has 0 aliphatic carbocycles. The van der Waals surface area contributed by atoms with Crippen LogP contribution in [0.2, 0.25) is 0 Å². The normalized spacial score (nSPS) is 14.5. The molecule has 4 heterocycles. The van der Waals surface area contributed by atoms with Crippen LogP contribution in [0.5, 0.6) is 11.6 Å². The number of rotatable bonds is 6. The molecule has 1 aliphatic rings. The third-order valence-corrected chi connectivity index (χ3v) is 6.07. The number of anilines is 4. The molecule has 1 aromatic carbocycles. The number of benzene rings is 1. The van der Waals surface area contributed by atoms with Crippen molar-refractivity contribution in [3.05, 3.63) is 54.4 Å². The maximum Gasteiger partial charge on any atom is 0.248 e. The van der Waals surface area contributed by atoms with E-state index in [1.165, 1.54) is 6.33 Å². The second-order valence-corrected chi connectivity index (χ2v) is 8.28. The Labute approximate surface area is 196 Å². The molecule has 1 aliphatic heterocycles. The van der Waals surface area contributed by atoms with E-state index in [4.69, 9.17) is 10.5 Å². The Morgan fingerprint density at radius 3 is 2.68 bits per heavy atom. The Balaban J connectivity index is 1.31. The lowest BCUT2D eigenvalue weighted by molar-refractivity contribution is 0.271. The van der Waals surface area contributed by atoms with Gasteiger partial charge >= 0.3 is 0 Å². The molecule has 1 fully saturated rings. The number of halogens is 1. The van der Waals surface area contributed by atoms with Crippen LogP contribution in [0.1, 0.15) is 12.6 Å². The van der Waals surface area contributed by atoms with Gasteiger partial charge in [-0.1, -0.05) is 6.92 Å². The smallest absolute Gasteiger partial charge is 0.248 e. The molecule has 3 aromatic heterocycles. The van der Waals surface area contributed by atoms with Gasteiger partial charge in [-0.25, -0.2) is 14.4 Å². The highest BCUT2D eigenvalue weighted by molar-refractivity contribution is 5.83. The minimum absolute atomic E-state index is 0.0356. The molecule has 0 unspecified atom stereocenters. The first-order valence-corrected chi connectivity index (χ1v) is 11.3. The maximum absolute atomic E-state index is 14.9. The number of hydrogen-bond donors (Lipinski definition) is 3. The quantitative estimate of drug-likeness (QED) is 0.394.